The number of para-hydroxylation sites is 1. The molecular formula is C60H65N3O. The highest BCUT2D eigenvalue weighted by Crippen LogP contribution is 2.46. The lowest BCUT2D eigenvalue weighted by atomic mass is 9.79. The van der Waals surface area contributed by atoms with E-state index in [2.05, 4.69) is 4.98 Å². The largest absolute Gasteiger partial charge is 0.507 e. The van der Waals surface area contributed by atoms with Gasteiger partial charge in [-0.15, -0.1) is 0 Å². The number of hydrogen-bond donors (Lipinski definition) is 1. The Hall–Kier alpha value is -6.26. The molecular weight excluding hydrogens is 779 g/mol. The maximum atomic E-state index is 13.1. The van der Waals surface area contributed by atoms with Gasteiger partial charge in [0, 0.05) is 61.3 Å². The molecule has 0 amide bonds. The van der Waals surface area contributed by atoms with Crippen LogP contribution in [-0.2, 0) is 21.7 Å². The number of aromatic nitrogens is 3. The van der Waals surface area contributed by atoms with E-state index in [0.29, 0.717) is 33.9 Å². The molecule has 1 N–H and O–H groups in total. The Morgan fingerprint density at radius 2 is 1.25 bits per heavy atom. The molecule has 2 aromatic heterocycles. The van der Waals surface area contributed by atoms with E-state index < -0.39 is 134 Å². The summed E-state index contributed by atoms with van der Waals surface area (Å²) in [5.41, 5.74) is -11.4. The van der Waals surface area contributed by atoms with E-state index in [9.17, 15) is 5.11 Å². The van der Waals surface area contributed by atoms with Crippen LogP contribution < -0.4 is 0 Å². The third-order valence-corrected chi connectivity index (χ3v) is 11.3. The number of aromatic hydroxyl groups is 1. The molecule has 8 aromatic rings. The monoisotopic (exact) mass is 871 g/mol. The van der Waals surface area contributed by atoms with Gasteiger partial charge in [0.2, 0.25) is 0 Å². The summed E-state index contributed by atoms with van der Waals surface area (Å²) in [6, 6.07) is 25.6. The quantitative estimate of drug-likeness (QED) is 0.181. The second-order valence-electron chi connectivity index (χ2n) is 18.2. The number of hydrogen-bond acceptors (Lipinski definition) is 3. The summed E-state index contributed by atoms with van der Waals surface area (Å²) in [6.07, 6.45) is 1.32. The molecule has 0 fully saturated rings. The summed E-state index contributed by atoms with van der Waals surface area (Å²) in [7, 11) is 0. The maximum Gasteiger partial charge on any atom is 0.149 e. The number of benzene rings is 6. The molecule has 0 aliphatic carbocycles. The lowest BCUT2D eigenvalue weighted by molar-refractivity contribution is 0.446. The van der Waals surface area contributed by atoms with Crippen molar-refractivity contribution in [2.24, 2.45) is 0 Å². The molecule has 0 radical (unpaired) electrons. The smallest absolute Gasteiger partial charge is 0.149 e. The number of rotatable bonds is 6. The molecule has 2 heterocycles. The zero-order valence-electron chi connectivity index (χ0n) is 63.3. The van der Waals surface area contributed by atoms with E-state index in [4.69, 9.17) is 42.0 Å². The highest BCUT2D eigenvalue weighted by atomic mass is 16.3. The fourth-order valence-electron chi connectivity index (χ4n) is 7.77. The Morgan fingerprint density at radius 1 is 0.547 bits per heavy atom. The van der Waals surface area contributed by atoms with Crippen LogP contribution in [0, 0.1) is 13.7 Å². The molecule has 4 nitrogen and oxygen atoms in total. The highest BCUT2D eigenvalue weighted by Gasteiger charge is 2.30. The average Bonchev–Trinajstić information content (AvgIpc) is 1.15. The van der Waals surface area contributed by atoms with Gasteiger partial charge in [-0.25, -0.2) is 4.98 Å². The van der Waals surface area contributed by atoms with Gasteiger partial charge in [-0.1, -0.05) is 161 Å². The van der Waals surface area contributed by atoms with E-state index in [0.717, 1.165) is 5.56 Å². The summed E-state index contributed by atoms with van der Waals surface area (Å²) >= 11 is 0. The molecule has 0 aliphatic heterocycles. The van der Waals surface area contributed by atoms with Crippen molar-refractivity contribution >= 4 is 11.0 Å². The fourth-order valence-corrected chi connectivity index (χ4v) is 7.77. The van der Waals surface area contributed by atoms with Gasteiger partial charge in [-0.05, 0) is 134 Å². The molecule has 326 valence electrons. The van der Waals surface area contributed by atoms with Gasteiger partial charge in [-0.3, -0.25) is 9.55 Å². The standard InChI is InChI=1S/C60H65N3O/c1-37-23-24-40(29-38(37)2)41-27-28-61-51(33-41)43-30-42(31-45(32-43)58(6,7)8)47-21-18-22-53-54(47)62-56(49-35-46(59(9,10)11)36-50(55(49)64)60(12,13)14)63(53)52-26-25-44(57(3,4)5)34-48(52)39-19-16-15-17-20-39/h15-36,64H,1-14H3/i1D3,2D3,9D3,10D3,11D3,12D3,13D3,14D3,23D,24D,29D. The second kappa shape index (κ2) is 16.1. The summed E-state index contributed by atoms with van der Waals surface area (Å²) in [4.78, 5) is 9.78. The molecule has 0 bridgehead atoms. The van der Waals surface area contributed by atoms with Crippen LogP contribution in [-0.4, -0.2) is 19.6 Å². The SMILES string of the molecule is [2H]c1c([2H])c(C([2H])([2H])[2H])c(C([2H])([2H])[2H])c([2H])c1-c1ccnc(-c2cc(-c3cccc4c3nc(-c3cc(C(C([2H])([2H])[2H])(C([2H])([2H])[2H])C([2H])([2H])[2H])cc(C(C([2H])([2H])[2H])(C([2H])([2H])[2H])C([2H])([2H])[2H])c3O)n4-c3ccc(C(C)(C)C)cc3-c3ccccc3)cc(C(C)(C)C)c2)c1. The molecule has 0 saturated carbocycles. The van der Waals surface area contributed by atoms with Crippen molar-refractivity contribution in [3.05, 3.63) is 167 Å². The van der Waals surface area contributed by atoms with Crippen molar-refractivity contribution in [2.45, 2.75) is 118 Å². The first-order chi connectivity index (χ1) is 41.2. The molecule has 0 atom stereocenters. The number of imidazole rings is 1. The van der Waals surface area contributed by atoms with Crippen molar-refractivity contribution in [2.75, 3.05) is 0 Å². The Labute approximate surface area is 420 Å². The van der Waals surface area contributed by atoms with E-state index in [1.54, 1.807) is 72.8 Å². The van der Waals surface area contributed by atoms with E-state index in [1.165, 1.54) is 22.9 Å². The first-order valence-corrected chi connectivity index (χ1v) is 20.6. The van der Waals surface area contributed by atoms with Crippen molar-refractivity contribution in [1.29, 1.82) is 0 Å². The van der Waals surface area contributed by atoms with Gasteiger partial charge in [0.25, 0.3) is 0 Å². The second-order valence-corrected chi connectivity index (χ2v) is 18.2. The molecule has 6 aromatic carbocycles. The Bertz CT molecular complexity index is 4050. The minimum Gasteiger partial charge on any atom is -0.507 e. The average molecular weight is 871 g/mol. The van der Waals surface area contributed by atoms with Gasteiger partial charge >= 0.3 is 0 Å². The van der Waals surface area contributed by atoms with E-state index >= 15 is 0 Å². The topological polar surface area (TPSA) is 50.9 Å². The van der Waals surface area contributed by atoms with Crippen molar-refractivity contribution < 1.29 is 42.1 Å². The van der Waals surface area contributed by atoms with Gasteiger partial charge in [0.05, 0.1) is 32.1 Å². The first-order valence-electron chi connectivity index (χ1n) is 34.1. The third kappa shape index (κ3) is 8.55. The number of pyridine rings is 1. The van der Waals surface area contributed by atoms with Crippen LogP contribution in [0.15, 0.2) is 134 Å². The summed E-state index contributed by atoms with van der Waals surface area (Å²) in [6.45, 7) is -19.8. The van der Waals surface area contributed by atoms with Crippen LogP contribution in [0.2, 0.25) is 0 Å². The van der Waals surface area contributed by atoms with Crippen LogP contribution in [0.3, 0.4) is 0 Å². The third-order valence-electron chi connectivity index (χ3n) is 11.3. The van der Waals surface area contributed by atoms with E-state index in [-0.39, 0.29) is 45.2 Å². The van der Waals surface area contributed by atoms with Crippen LogP contribution in [0.5, 0.6) is 5.75 Å². The van der Waals surface area contributed by atoms with Crippen LogP contribution in [0.25, 0.3) is 72.7 Å². The van der Waals surface area contributed by atoms with Gasteiger partial charge < -0.3 is 5.11 Å². The normalized spacial score (nSPS) is 20.4. The Balaban J connectivity index is 1.60. The van der Waals surface area contributed by atoms with Crippen LogP contribution in [0.1, 0.15) is 153 Å². The number of fused-ring (bicyclic) bond motifs is 1. The highest BCUT2D eigenvalue weighted by molar-refractivity contribution is 5.98. The van der Waals surface area contributed by atoms with Gasteiger partial charge in [0.1, 0.15) is 11.6 Å². The summed E-state index contributed by atoms with van der Waals surface area (Å²) < 4.78 is 236. The van der Waals surface area contributed by atoms with Crippen LogP contribution >= 0.6 is 0 Å². The molecule has 0 spiro atoms. The number of phenolic OH excluding ortho intramolecular Hbond substituents is 1. The molecule has 0 unspecified atom stereocenters. The predicted molar refractivity (Wildman–Crippen MR) is 272 cm³/mol. The van der Waals surface area contributed by atoms with Gasteiger partial charge in [-0.2, -0.15) is 0 Å². The number of phenols is 1. The predicted octanol–water partition coefficient (Wildman–Crippen LogP) is 16.3. The van der Waals surface area contributed by atoms with E-state index in [1.807, 2.05) is 53.7 Å². The van der Waals surface area contributed by atoms with Crippen molar-refractivity contribution in [3.8, 4) is 67.5 Å². The Morgan fingerprint density at radius 3 is 1.95 bits per heavy atom. The summed E-state index contributed by atoms with van der Waals surface area (Å²) in [5.74, 6) is -1.97. The molecule has 64 heavy (non-hydrogen) atoms. The van der Waals surface area contributed by atoms with Crippen molar-refractivity contribution in [1.82, 2.24) is 14.5 Å². The molecule has 4 heteroatoms. The van der Waals surface area contributed by atoms with Gasteiger partial charge in [0.15, 0.2) is 0 Å². The lowest BCUT2D eigenvalue weighted by Crippen LogP contribution is -2.17. The minimum atomic E-state index is -4.22. The molecule has 8 rings (SSSR count). The molecule has 0 saturated heterocycles. The molecule has 0 aliphatic rings. The van der Waals surface area contributed by atoms with Crippen molar-refractivity contribution in [3.63, 3.8) is 0 Å². The Kier molecular flexibility index (Phi) is 5.55. The summed E-state index contributed by atoms with van der Waals surface area (Å²) in [5, 5.41) is 13.1. The fraction of sp³-hybridized carbons (Fsp3) is 0.300. The first kappa shape index (κ1) is 22.1. The van der Waals surface area contributed by atoms with Crippen LogP contribution in [0.4, 0.5) is 0 Å². The zero-order valence-corrected chi connectivity index (χ0v) is 36.3. The zero-order chi connectivity index (χ0) is 68.7. The maximum absolute atomic E-state index is 13.1. The lowest BCUT2D eigenvalue weighted by Gasteiger charge is -2.28. The minimum absolute atomic E-state index is 0.0242. The number of nitrogens with zero attached hydrogens (tertiary/aromatic N) is 3.